The van der Waals surface area contributed by atoms with Crippen molar-refractivity contribution in [2.24, 2.45) is 11.7 Å². The van der Waals surface area contributed by atoms with Gasteiger partial charge in [0.05, 0.1) is 17.2 Å². The molecule has 0 radical (unpaired) electrons. The fourth-order valence-corrected chi connectivity index (χ4v) is 2.78. The van der Waals surface area contributed by atoms with E-state index in [4.69, 9.17) is 33.7 Å². The van der Waals surface area contributed by atoms with Crippen molar-refractivity contribution in [2.75, 3.05) is 13.2 Å². The Morgan fingerprint density at radius 2 is 2.18 bits per heavy atom. The summed E-state index contributed by atoms with van der Waals surface area (Å²) >= 11 is 11.9. The maximum atomic E-state index is 12.0. The molecule has 0 bridgehead atoms. The van der Waals surface area contributed by atoms with Crippen LogP contribution in [-0.4, -0.2) is 24.6 Å². The molecule has 1 aliphatic carbocycles. The van der Waals surface area contributed by atoms with Gasteiger partial charge in [0, 0.05) is 13.0 Å². The van der Waals surface area contributed by atoms with Crippen LogP contribution in [0.5, 0.6) is 5.75 Å². The first kappa shape index (κ1) is 17.4. The molecule has 1 aromatic rings. The molecule has 22 heavy (non-hydrogen) atoms. The number of carbonyl (C=O) groups is 1. The molecule has 1 fully saturated rings. The van der Waals surface area contributed by atoms with Gasteiger partial charge in [-0.3, -0.25) is 4.79 Å². The lowest BCUT2D eigenvalue weighted by Crippen LogP contribution is -2.53. The summed E-state index contributed by atoms with van der Waals surface area (Å²) in [6.07, 6.45) is 3.30. The van der Waals surface area contributed by atoms with Crippen molar-refractivity contribution in [1.29, 1.82) is 0 Å². The SMILES string of the molecule is CC(CN)(NC(=O)CCCOc1cccc(Cl)c1Cl)C1CC1. The third-order valence-electron chi connectivity index (χ3n) is 4.05. The van der Waals surface area contributed by atoms with Gasteiger partial charge in [-0.05, 0) is 44.2 Å². The van der Waals surface area contributed by atoms with Gasteiger partial charge in [-0.1, -0.05) is 29.3 Å². The monoisotopic (exact) mass is 344 g/mol. The minimum atomic E-state index is -0.270. The zero-order chi connectivity index (χ0) is 16.2. The number of nitrogens with one attached hydrogen (secondary N) is 1. The molecule has 1 aromatic carbocycles. The molecular formula is C16H22Cl2N2O2. The van der Waals surface area contributed by atoms with E-state index in [0.29, 0.717) is 47.7 Å². The number of hydrogen-bond donors (Lipinski definition) is 2. The number of amides is 1. The summed E-state index contributed by atoms with van der Waals surface area (Å²) in [5, 5.41) is 3.92. The van der Waals surface area contributed by atoms with Crippen LogP contribution >= 0.6 is 23.2 Å². The average Bonchev–Trinajstić information content (AvgIpc) is 3.32. The van der Waals surface area contributed by atoms with Crippen molar-refractivity contribution < 1.29 is 9.53 Å². The third kappa shape index (κ3) is 4.51. The minimum absolute atomic E-state index is 0.0145. The van der Waals surface area contributed by atoms with E-state index >= 15 is 0 Å². The summed E-state index contributed by atoms with van der Waals surface area (Å²) in [5.41, 5.74) is 5.52. The number of ether oxygens (including phenoxy) is 1. The predicted molar refractivity (Wildman–Crippen MR) is 89.5 cm³/mol. The summed E-state index contributed by atoms with van der Waals surface area (Å²) in [6.45, 7) is 2.90. The third-order valence-corrected chi connectivity index (χ3v) is 4.85. The summed E-state index contributed by atoms with van der Waals surface area (Å²) < 4.78 is 5.56. The summed E-state index contributed by atoms with van der Waals surface area (Å²) in [6, 6.07) is 5.24. The van der Waals surface area contributed by atoms with E-state index in [1.165, 1.54) is 0 Å². The van der Waals surface area contributed by atoms with E-state index in [0.717, 1.165) is 12.8 Å². The number of rotatable bonds is 8. The molecule has 1 unspecified atom stereocenters. The van der Waals surface area contributed by atoms with Gasteiger partial charge in [0.25, 0.3) is 0 Å². The zero-order valence-electron chi connectivity index (χ0n) is 12.7. The maximum Gasteiger partial charge on any atom is 0.220 e. The molecule has 3 N–H and O–H groups in total. The first-order chi connectivity index (χ1) is 10.5. The van der Waals surface area contributed by atoms with Crippen LogP contribution in [-0.2, 0) is 4.79 Å². The second-order valence-electron chi connectivity index (χ2n) is 5.95. The Kier molecular flexibility index (Phi) is 5.95. The topological polar surface area (TPSA) is 64.3 Å². The Hall–Kier alpha value is -0.970. The minimum Gasteiger partial charge on any atom is -0.492 e. The molecule has 1 saturated carbocycles. The van der Waals surface area contributed by atoms with Crippen LogP contribution in [0.2, 0.25) is 10.0 Å². The van der Waals surface area contributed by atoms with Crippen LogP contribution < -0.4 is 15.8 Å². The van der Waals surface area contributed by atoms with Gasteiger partial charge >= 0.3 is 0 Å². The van der Waals surface area contributed by atoms with Gasteiger partial charge in [0.2, 0.25) is 5.91 Å². The standard InChI is InChI=1S/C16H22Cl2N2O2/c1-16(10-19,11-7-8-11)20-14(21)6-3-9-22-13-5-2-4-12(17)15(13)18/h2,4-5,11H,3,6-10,19H2,1H3,(H,20,21). The Bertz CT molecular complexity index is 535. The van der Waals surface area contributed by atoms with Gasteiger partial charge in [-0.25, -0.2) is 0 Å². The van der Waals surface area contributed by atoms with Gasteiger partial charge in [0.15, 0.2) is 0 Å². The molecule has 4 nitrogen and oxygen atoms in total. The first-order valence-electron chi connectivity index (χ1n) is 7.54. The Labute approximate surface area is 141 Å². The van der Waals surface area contributed by atoms with E-state index in [1.807, 2.05) is 6.92 Å². The van der Waals surface area contributed by atoms with Crippen molar-refractivity contribution >= 4 is 29.1 Å². The molecule has 0 aromatic heterocycles. The molecule has 6 heteroatoms. The molecular weight excluding hydrogens is 323 g/mol. The van der Waals surface area contributed by atoms with Crippen LogP contribution in [0.4, 0.5) is 0 Å². The number of benzene rings is 1. The Balaban J connectivity index is 1.72. The molecule has 0 heterocycles. The van der Waals surface area contributed by atoms with Gasteiger partial charge in [0.1, 0.15) is 10.8 Å². The molecule has 2 rings (SSSR count). The smallest absolute Gasteiger partial charge is 0.220 e. The maximum absolute atomic E-state index is 12.0. The van der Waals surface area contributed by atoms with Crippen molar-refractivity contribution in [2.45, 2.75) is 38.1 Å². The van der Waals surface area contributed by atoms with E-state index in [9.17, 15) is 4.79 Å². The van der Waals surface area contributed by atoms with Gasteiger partial charge in [-0.15, -0.1) is 0 Å². The zero-order valence-corrected chi connectivity index (χ0v) is 14.2. The molecule has 0 aliphatic heterocycles. The van der Waals surface area contributed by atoms with Crippen molar-refractivity contribution in [3.8, 4) is 5.75 Å². The van der Waals surface area contributed by atoms with Gasteiger partial charge < -0.3 is 15.8 Å². The summed E-state index contributed by atoms with van der Waals surface area (Å²) in [5.74, 6) is 1.07. The van der Waals surface area contributed by atoms with Crippen molar-refractivity contribution in [3.05, 3.63) is 28.2 Å². The molecule has 122 valence electrons. The number of hydrogen-bond acceptors (Lipinski definition) is 3. The summed E-state index contributed by atoms with van der Waals surface area (Å²) in [7, 11) is 0. The van der Waals surface area contributed by atoms with Crippen LogP contribution in [0.1, 0.15) is 32.6 Å². The largest absolute Gasteiger partial charge is 0.492 e. The average molecular weight is 345 g/mol. The lowest BCUT2D eigenvalue weighted by molar-refractivity contribution is -0.123. The lowest BCUT2D eigenvalue weighted by Gasteiger charge is -2.29. The quantitative estimate of drug-likeness (QED) is 0.710. The van der Waals surface area contributed by atoms with Crippen LogP contribution in [0.15, 0.2) is 18.2 Å². The highest BCUT2D eigenvalue weighted by Gasteiger charge is 2.41. The molecule has 0 spiro atoms. The van der Waals surface area contributed by atoms with Crippen LogP contribution in [0, 0.1) is 5.92 Å². The molecule has 1 amide bonds. The normalized spacial score (nSPS) is 16.9. The predicted octanol–water partition coefficient (Wildman–Crippen LogP) is 3.40. The number of nitrogens with two attached hydrogens (primary N) is 1. The fraction of sp³-hybridized carbons (Fsp3) is 0.562. The van der Waals surface area contributed by atoms with E-state index in [2.05, 4.69) is 5.32 Å². The van der Waals surface area contributed by atoms with Crippen LogP contribution in [0.25, 0.3) is 0 Å². The number of carbonyl (C=O) groups excluding carboxylic acids is 1. The second kappa shape index (κ2) is 7.53. The van der Waals surface area contributed by atoms with Crippen molar-refractivity contribution in [1.82, 2.24) is 5.32 Å². The lowest BCUT2D eigenvalue weighted by atomic mass is 9.95. The van der Waals surface area contributed by atoms with Gasteiger partial charge in [-0.2, -0.15) is 0 Å². The van der Waals surface area contributed by atoms with E-state index < -0.39 is 0 Å². The van der Waals surface area contributed by atoms with Crippen LogP contribution in [0.3, 0.4) is 0 Å². The van der Waals surface area contributed by atoms with Crippen molar-refractivity contribution in [3.63, 3.8) is 0 Å². The number of halogens is 2. The highest BCUT2D eigenvalue weighted by atomic mass is 35.5. The Morgan fingerprint density at radius 3 is 2.82 bits per heavy atom. The second-order valence-corrected chi connectivity index (χ2v) is 6.73. The first-order valence-corrected chi connectivity index (χ1v) is 8.30. The van der Waals surface area contributed by atoms with E-state index in [-0.39, 0.29) is 11.4 Å². The summed E-state index contributed by atoms with van der Waals surface area (Å²) in [4.78, 5) is 12.0. The highest BCUT2D eigenvalue weighted by Crippen LogP contribution is 2.39. The highest BCUT2D eigenvalue weighted by molar-refractivity contribution is 6.42. The van der Waals surface area contributed by atoms with E-state index in [1.54, 1.807) is 18.2 Å². The molecule has 1 aliphatic rings. The Morgan fingerprint density at radius 1 is 1.45 bits per heavy atom. The molecule has 0 saturated heterocycles. The fourth-order valence-electron chi connectivity index (χ4n) is 2.43. The molecule has 1 atom stereocenters.